The van der Waals surface area contributed by atoms with Crippen LogP contribution in [0.3, 0.4) is 0 Å². The van der Waals surface area contributed by atoms with Crippen molar-refractivity contribution in [2.24, 2.45) is 0 Å². The third kappa shape index (κ3) is 4.55. The minimum absolute atomic E-state index is 0.0784. The van der Waals surface area contributed by atoms with Crippen molar-refractivity contribution in [1.29, 1.82) is 5.26 Å². The van der Waals surface area contributed by atoms with Crippen LogP contribution in [0.2, 0.25) is 0 Å². The summed E-state index contributed by atoms with van der Waals surface area (Å²) in [6.07, 6.45) is 3.03. The van der Waals surface area contributed by atoms with Crippen LogP contribution in [0.5, 0.6) is 11.6 Å². The number of pyridine rings is 1. The zero-order valence-corrected chi connectivity index (χ0v) is 16.5. The summed E-state index contributed by atoms with van der Waals surface area (Å²) >= 11 is 0. The molecule has 0 radical (unpaired) electrons. The van der Waals surface area contributed by atoms with Crippen molar-refractivity contribution < 1.29 is 19.0 Å². The summed E-state index contributed by atoms with van der Waals surface area (Å²) in [5.41, 5.74) is 1.66. The van der Waals surface area contributed by atoms with E-state index in [-0.39, 0.29) is 18.3 Å². The molecule has 1 aromatic carbocycles. The highest BCUT2D eigenvalue weighted by Crippen LogP contribution is 2.28. The highest BCUT2D eigenvalue weighted by Gasteiger charge is 2.19. The van der Waals surface area contributed by atoms with Crippen molar-refractivity contribution >= 4 is 17.7 Å². The molecule has 29 heavy (non-hydrogen) atoms. The van der Waals surface area contributed by atoms with E-state index in [1.165, 1.54) is 6.08 Å². The third-order valence-corrected chi connectivity index (χ3v) is 4.02. The lowest BCUT2D eigenvalue weighted by Crippen LogP contribution is -2.09. The van der Waals surface area contributed by atoms with Gasteiger partial charge in [-0.2, -0.15) is 10.2 Å². The number of nitrogens with zero attached hydrogens (tertiary/aromatic N) is 3. The van der Waals surface area contributed by atoms with E-state index in [4.69, 9.17) is 14.2 Å². The second kappa shape index (κ2) is 8.93. The molecule has 0 N–H and O–H groups in total. The minimum atomic E-state index is -0.718. The SMILES string of the molecule is COc1cccn2c(/C=C(/C#N)C(=O)OCc3ccccc3)c(OC(C)C)nc12. The van der Waals surface area contributed by atoms with Crippen molar-refractivity contribution in [3.63, 3.8) is 0 Å². The van der Waals surface area contributed by atoms with Crippen LogP contribution in [0, 0.1) is 11.3 Å². The molecule has 0 atom stereocenters. The van der Waals surface area contributed by atoms with Crippen LogP contribution in [-0.2, 0) is 16.1 Å². The first-order chi connectivity index (χ1) is 14.0. The second-order valence-electron chi connectivity index (χ2n) is 6.47. The number of rotatable bonds is 7. The summed E-state index contributed by atoms with van der Waals surface area (Å²) in [4.78, 5) is 16.9. The lowest BCUT2D eigenvalue weighted by Gasteiger charge is -2.08. The summed E-state index contributed by atoms with van der Waals surface area (Å²) in [5.74, 6) is 0.128. The molecule has 0 bridgehead atoms. The molecule has 148 valence electrons. The Labute approximate surface area is 168 Å². The van der Waals surface area contributed by atoms with Gasteiger partial charge in [-0.05, 0) is 37.6 Å². The van der Waals surface area contributed by atoms with E-state index in [0.717, 1.165) is 5.56 Å². The number of ether oxygens (including phenoxy) is 3. The van der Waals surface area contributed by atoms with Crippen LogP contribution in [0.15, 0.2) is 54.2 Å². The van der Waals surface area contributed by atoms with Gasteiger partial charge in [-0.15, -0.1) is 0 Å². The molecule has 7 nitrogen and oxygen atoms in total. The summed E-state index contributed by atoms with van der Waals surface area (Å²) < 4.78 is 18.1. The number of methoxy groups -OCH3 is 1. The Bertz CT molecular complexity index is 1080. The Hall–Kier alpha value is -3.79. The number of carbonyl (C=O) groups excluding carboxylic acids is 1. The highest BCUT2D eigenvalue weighted by molar-refractivity contribution is 5.98. The van der Waals surface area contributed by atoms with Gasteiger partial charge < -0.3 is 14.2 Å². The lowest BCUT2D eigenvalue weighted by atomic mass is 10.2. The van der Waals surface area contributed by atoms with E-state index in [1.807, 2.05) is 50.2 Å². The number of aromatic nitrogens is 2. The Morgan fingerprint density at radius 3 is 2.66 bits per heavy atom. The molecule has 0 saturated carbocycles. The smallest absolute Gasteiger partial charge is 0.349 e. The molecule has 7 heteroatoms. The summed E-state index contributed by atoms with van der Waals surface area (Å²) in [7, 11) is 1.55. The number of fused-ring (bicyclic) bond motifs is 1. The first-order valence-electron chi connectivity index (χ1n) is 9.08. The maximum absolute atomic E-state index is 12.5. The molecule has 0 aliphatic carbocycles. The monoisotopic (exact) mass is 391 g/mol. The van der Waals surface area contributed by atoms with Gasteiger partial charge >= 0.3 is 5.97 Å². The van der Waals surface area contributed by atoms with Gasteiger partial charge in [-0.25, -0.2) is 4.79 Å². The molecule has 0 amide bonds. The van der Waals surface area contributed by atoms with Crippen molar-refractivity contribution in [1.82, 2.24) is 9.38 Å². The van der Waals surface area contributed by atoms with Gasteiger partial charge in [0.15, 0.2) is 11.4 Å². The fraction of sp³-hybridized carbons (Fsp3) is 0.227. The Kier molecular flexibility index (Phi) is 6.15. The Morgan fingerprint density at radius 2 is 2.00 bits per heavy atom. The van der Waals surface area contributed by atoms with Gasteiger partial charge in [0.1, 0.15) is 23.9 Å². The molecular weight excluding hydrogens is 370 g/mol. The average Bonchev–Trinajstić information content (AvgIpc) is 3.07. The maximum atomic E-state index is 12.5. The van der Waals surface area contributed by atoms with Crippen molar-refractivity contribution in [2.45, 2.75) is 26.6 Å². The van der Waals surface area contributed by atoms with Crippen molar-refractivity contribution in [3.05, 3.63) is 65.5 Å². The van der Waals surface area contributed by atoms with Crippen molar-refractivity contribution in [3.8, 4) is 17.7 Å². The summed E-state index contributed by atoms with van der Waals surface area (Å²) in [6.45, 7) is 3.82. The zero-order valence-electron chi connectivity index (χ0n) is 16.5. The third-order valence-electron chi connectivity index (χ3n) is 4.02. The molecule has 2 aromatic heterocycles. The van der Waals surface area contributed by atoms with Gasteiger partial charge in [0, 0.05) is 6.20 Å². The summed E-state index contributed by atoms with van der Waals surface area (Å²) in [6, 6.07) is 14.7. The molecule has 0 saturated heterocycles. The summed E-state index contributed by atoms with van der Waals surface area (Å²) in [5, 5.41) is 9.52. The molecule has 0 spiro atoms. The first-order valence-corrected chi connectivity index (χ1v) is 9.08. The Morgan fingerprint density at radius 1 is 1.24 bits per heavy atom. The van der Waals surface area contributed by atoms with Crippen LogP contribution < -0.4 is 9.47 Å². The van der Waals surface area contributed by atoms with E-state index in [9.17, 15) is 10.1 Å². The van der Waals surface area contributed by atoms with Gasteiger partial charge in [0.25, 0.3) is 0 Å². The second-order valence-corrected chi connectivity index (χ2v) is 6.47. The van der Waals surface area contributed by atoms with Crippen LogP contribution in [0.1, 0.15) is 25.1 Å². The molecule has 0 fully saturated rings. The standard InChI is InChI=1S/C22H21N3O4/c1-15(2)29-21-18(25-11-7-10-19(27-3)20(25)24-21)12-17(13-23)22(26)28-14-16-8-5-4-6-9-16/h4-12,15H,14H2,1-3H3/b17-12-. The first kappa shape index (κ1) is 20.0. The largest absolute Gasteiger partial charge is 0.493 e. The van der Waals surface area contributed by atoms with E-state index in [1.54, 1.807) is 29.8 Å². The molecule has 3 rings (SSSR count). The quantitative estimate of drug-likeness (QED) is 0.346. The minimum Gasteiger partial charge on any atom is -0.493 e. The predicted octanol–water partition coefficient (Wildman–Crippen LogP) is 3.78. The van der Waals surface area contributed by atoms with Gasteiger partial charge in [-0.3, -0.25) is 4.40 Å². The number of esters is 1. The molecule has 0 aliphatic heterocycles. The number of hydrogen-bond donors (Lipinski definition) is 0. The molecule has 0 aliphatic rings. The van der Waals surface area contributed by atoms with Gasteiger partial charge in [-0.1, -0.05) is 30.3 Å². The lowest BCUT2D eigenvalue weighted by molar-refractivity contribution is -0.139. The van der Waals surface area contributed by atoms with Gasteiger partial charge in [0.05, 0.1) is 13.2 Å². The number of imidazole rings is 1. The maximum Gasteiger partial charge on any atom is 0.349 e. The van der Waals surface area contributed by atoms with Crippen LogP contribution in [0.25, 0.3) is 11.7 Å². The number of nitriles is 1. The van der Waals surface area contributed by atoms with Crippen LogP contribution in [-0.4, -0.2) is 28.6 Å². The number of benzene rings is 1. The van der Waals surface area contributed by atoms with E-state index < -0.39 is 5.97 Å². The van der Waals surface area contributed by atoms with Crippen LogP contribution >= 0.6 is 0 Å². The predicted molar refractivity (Wildman–Crippen MR) is 107 cm³/mol. The van der Waals surface area contributed by atoms with E-state index >= 15 is 0 Å². The zero-order chi connectivity index (χ0) is 20.8. The fourth-order valence-electron chi connectivity index (χ4n) is 2.72. The number of carbonyl (C=O) groups is 1. The average molecular weight is 391 g/mol. The van der Waals surface area contributed by atoms with E-state index in [0.29, 0.717) is 23.0 Å². The molecule has 0 unspecified atom stereocenters. The highest BCUT2D eigenvalue weighted by atomic mass is 16.5. The van der Waals surface area contributed by atoms with Gasteiger partial charge in [0.2, 0.25) is 5.88 Å². The molecular formula is C22H21N3O4. The van der Waals surface area contributed by atoms with Crippen molar-refractivity contribution in [2.75, 3.05) is 7.11 Å². The number of hydrogen-bond acceptors (Lipinski definition) is 6. The van der Waals surface area contributed by atoms with E-state index in [2.05, 4.69) is 4.98 Å². The Balaban J connectivity index is 1.97. The molecule has 3 aromatic rings. The normalized spacial score (nSPS) is 11.3. The molecule has 2 heterocycles. The fourth-order valence-corrected chi connectivity index (χ4v) is 2.72. The van der Waals surface area contributed by atoms with Crippen LogP contribution in [0.4, 0.5) is 0 Å². The topological polar surface area (TPSA) is 85.9 Å².